The van der Waals surface area contributed by atoms with Gasteiger partial charge in [0.05, 0.1) is 18.9 Å². The minimum absolute atomic E-state index is 0.305. The number of ether oxygens (including phenoxy) is 1. The monoisotopic (exact) mass is 321 g/mol. The average Bonchev–Trinajstić information content (AvgIpc) is 3.00. The Kier molecular flexibility index (Phi) is 9.87. The van der Waals surface area contributed by atoms with E-state index in [1.165, 1.54) is 0 Å². The van der Waals surface area contributed by atoms with Crippen LogP contribution in [0.3, 0.4) is 0 Å². The first-order valence-electron chi connectivity index (χ1n) is 8.38. The van der Waals surface area contributed by atoms with E-state index in [4.69, 9.17) is 9.15 Å². The smallest absolute Gasteiger partial charge is 0.191 e. The van der Waals surface area contributed by atoms with Crippen LogP contribution in [0, 0.1) is 0 Å². The normalized spacial score (nSPS) is 11.7. The lowest BCUT2D eigenvalue weighted by molar-refractivity contribution is 0.0762. The lowest BCUT2D eigenvalue weighted by Gasteiger charge is -2.13. The van der Waals surface area contributed by atoms with Gasteiger partial charge in [0.1, 0.15) is 5.76 Å². The zero-order chi connectivity index (χ0) is 16.9. The van der Waals surface area contributed by atoms with Gasteiger partial charge in [-0.2, -0.15) is 0 Å². The Morgan fingerprint density at radius 3 is 2.74 bits per heavy atom. The van der Waals surface area contributed by atoms with Crippen LogP contribution in [0.25, 0.3) is 0 Å². The molecule has 1 aromatic heterocycles. The third-order valence-corrected chi connectivity index (χ3v) is 3.07. The van der Waals surface area contributed by atoms with E-state index in [1.54, 1.807) is 6.26 Å². The van der Waals surface area contributed by atoms with Crippen LogP contribution in [0.15, 0.2) is 40.0 Å². The molecule has 130 valence electrons. The average molecular weight is 321 g/mol. The highest BCUT2D eigenvalue weighted by atomic mass is 16.5. The van der Waals surface area contributed by atoms with E-state index < -0.39 is 0 Å². The second-order valence-corrected chi connectivity index (χ2v) is 5.93. The molecule has 23 heavy (non-hydrogen) atoms. The summed E-state index contributed by atoms with van der Waals surface area (Å²) in [5.41, 5.74) is 1.04. The van der Waals surface area contributed by atoms with E-state index in [0.717, 1.165) is 56.3 Å². The fraction of sp³-hybridized carbons (Fsp3) is 0.611. The van der Waals surface area contributed by atoms with Crippen molar-refractivity contribution in [3.63, 3.8) is 0 Å². The molecule has 0 saturated heterocycles. The molecule has 0 spiro atoms. The van der Waals surface area contributed by atoms with Crippen molar-refractivity contribution in [1.29, 1.82) is 0 Å². The highest BCUT2D eigenvalue weighted by Gasteiger charge is 2.00. The van der Waals surface area contributed by atoms with Gasteiger partial charge in [0.15, 0.2) is 5.96 Å². The Balaban J connectivity index is 2.25. The zero-order valence-electron chi connectivity index (χ0n) is 14.7. The maximum absolute atomic E-state index is 5.54. The van der Waals surface area contributed by atoms with Gasteiger partial charge in [-0.05, 0) is 45.7 Å². The predicted molar refractivity (Wildman–Crippen MR) is 95.9 cm³/mol. The van der Waals surface area contributed by atoms with Gasteiger partial charge in [0.25, 0.3) is 0 Å². The Morgan fingerprint density at radius 1 is 1.30 bits per heavy atom. The first-order valence-corrected chi connectivity index (χ1v) is 8.38. The summed E-state index contributed by atoms with van der Waals surface area (Å²) in [5.74, 6) is 1.80. The molecule has 1 aromatic rings. The van der Waals surface area contributed by atoms with Crippen LogP contribution in [0.4, 0.5) is 0 Å². The Hall–Kier alpha value is -1.75. The van der Waals surface area contributed by atoms with Crippen molar-refractivity contribution in [2.45, 2.75) is 46.1 Å². The lowest BCUT2D eigenvalue weighted by atomic mass is 10.3. The summed E-state index contributed by atoms with van der Waals surface area (Å²) in [6.45, 7) is 13.1. The molecule has 0 fully saturated rings. The van der Waals surface area contributed by atoms with Gasteiger partial charge in [0.2, 0.25) is 0 Å². The van der Waals surface area contributed by atoms with Crippen molar-refractivity contribution in [1.82, 2.24) is 10.6 Å². The molecule has 5 nitrogen and oxygen atoms in total. The number of nitrogens with one attached hydrogen (secondary N) is 2. The topological polar surface area (TPSA) is 58.8 Å². The second kappa shape index (κ2) is 11.8. The minimum Gasteiger partial charge on any atom is -0.469 e. The SMILES string of the molecule is C=C(C)CN=C(NCCCCOC(C)C)NCCc1ccco1. The van der Waals surface area contributed by atoms with Gasteiger partial charge in [-0.3, -0.25) is 0 Å². The van der Waals surface area contributed by atoms with Crippen LogP contribution >= 0.6 is 0 Å². The van der Waals surface area contributed by atoms with Crippen molar-refractivity contribution in [3.8, 4) is 0 Å². The molecular weight excluding hydrogens is 290 g/mol. The van der Waals surface area contributed by atoms with Crippen LogP contribution in [-0.4, -0.2) is 38.3 Å². The van der Waals surface area contributed by atoms with E-state index in [0.29, 0.717) is 12.6 Å². The first kappa shape index (κ1) is 19.3. The summed E-state index contributed by atoms with van der Waals surface area (Å²) in [6, 6.07) is 3.89. The molecule has 1 rings (SSSR count). The van der Waals surface area contributed by atoms with Crippen LogP contribution in [-0.2, 0) is 11.2 Å². The molecule has 0 unspecified atom stereocenters. The van der Waals surface area contributed by atoms with Crippen LogP contribution in [0.2, 0.25) is 0 Å². The second-order valence-electron chi connectivity index (χ2n) is 5.93. The molecule has 0 atom stereocenters. The van der Waals surface area contributed by atoms with E-state index in [-0.39, 0.29) is 0 Å². The Morgan fingerprint density at radius 2 is 2.09 bits per heavy atom. The number of rotatable bonds is 11. The fourth-order valence-corrected chi connectivity index (χ4v) is 1.90. The molecule has 0 amide bonds. The number of guanidine groups is 1. The molecule has 1 heterocycles. The predicted octanol–water partition coefficient (Wildman–Crippen LogP) is 3.14. The minimum atomic E-state index is 0.305. The van der Waals surface area contributed by atoms with Crippen LogP contribution in [0.1, 0.15) is 39.4 Å². The van der Waals surface area contributed by atoms with Gasteiger partial charge in [0, 0.05) is 26.1 Å². The summed E-state index contributed by atoms with van der Waals surface area (Å²) < 4.78 is 10.9. The van der Waals surface area contributed by atoms with Crippen LogP contribution < -0.4 is 10.6 Å². The van der Waals surface area contributed by atoms with E-state index in [9.17, 15) is 0 Å². The van der Waals surface area contributed by atoms with Gasteiger partial charge < -0.3 is 19.8 Å². The van der Waals surface area contributed by atoms with Crippen molar-refractivity contribution in [2.75, 3.05) is 26.2 Å². The maximum Gasteiger partial charge on any atom is 0.191 e. The molecule has 0 aliphatic carbocycles. The van der Waals surface area contributed by atoms with Crippen molar-refractivity contribution < 1.29 is 9.15 Å². The lowest BCUT2D eigenvalue weighted by Crippen LogP contribution is -2.39. The van der Waals surface area contributed by atoms with Gasteiger partial charge >= 0.3 is 0 Å². The number of unbranched alkanes of at least 4 members (excludes halogenated alkanes) is 1. The van der Waals surface area contributed by atoms with E-state index in [2.05, 4.69) is 36.1 Å². The molecule has 0 aromatic carbocycles. The summed E-state index contributed by atoms with van der Waals surface area (Å²) in [5, 5.41) is 6.68. The standard InChI is InChI=1S/C18H31N3O2/c1-15(2)14-21-18(19-10-5-6-12-22-16(3)4)20-11-9-17-8-7-13-23-17/h7-8,13,16H,1,5-6,9-12,14H2,2-4H3,(H2,19,20,21). The van der Waals surface area contributed by atoms with E-state index in [1.807, 2.05) is 19.1 Å². The van der Waals surface area contributed by atoms with Gasteiger partial charge in [-0.25, -0.2) is 4.99 Å². The van der Waals surface area contributed by atoms with Crippen LogP contribution in [0.5, 0.6) is 0 Å². The summed E-state index contributed by atoms with van der Waals surface area (Å²) in [6.07, 6.45) is 4.94. The molecule has 0 aliphatic rings. The largest absolute Gasteiger partial charge is 0.469 e. The molecular formula is C18H31N3O2. The Bertz CT molecular complexity index is 453. The number of aliphatic imine (C=N–C) groups is 1. The molecule has 0 aliphatic heterocycles. The molecule has 5 heteroatoms. The number of hydrogen-bond donors (Lipinski definition) is 2. The van der Waals surface area contributed by atoms with Crippen molar-refractivity contribution in [2.24, 2.45) is 4.99 Å². The highest BCUT2D eigenvalue weighted by molar-refractivity contribution is 5.79. The van der Waals surface area contributed by atoms with Crippen molar-refractivity contribution >= 4 is 5.96 Å². The first-order chi connectivity index (χ1) is 11.1. The third kappa shape index (κ3) is 10.6. The van der Waals surface area contributed by atoms with Crippen molar-refractivity contribution in [3.05, 3.63) is 36.3 Å². The number of nitrogens with zero attached hydrogens (tertiary/aromatic N) is 1. The molecule has 2 N–H and O–H groups in total. The van der Waals surface area contributed by atoms with E-state index >= 15 is 0 Å². The summed E-state index contributed by atoms with van der Waals surface area (Å²) in [7, 11) is 0. The molecule has 0 radical (unpaired) electrons. The number of hydrogen-bond acceptors (Lipinski definition) is 3. The zero-order valence-corrected chi connectivity index (χ0v) is 14.7. The number of furan rings is 1. The van der Waals surface area contributed by atoms with Gasteiger partial charge in [-0.1, -0.05) is 12.2 Å². The molecule has 0 bridgehead atoms. The third-order valence-electron chi connectivity index (χ3n) is 3.07. The van der Waals surface area contributed by atoms with Gasteiger partial charge in [-0.15, -0.1) is 0 Å². The quantitative estimate of drug-likeness (QED) is 0.284. The fourth-order valence-electron chi connectivity index (χ4n) is 1.90. The summed E-state index contributed by atoms with van der Waals surface area (Å²) >= 11 is 0. The molecule has 0 saturated carbocycles. The summed E-state index contributed by atoms with van der Waals surface area (Å²) in [4.78, 5) is 4.52. The maximum atomic E-state index is 5.54. The Labute approximate surface area is 140 Å². The highest BCUT2D eigenvalue weighted by Crippen LogP contribution is 1.99.